The first-order chi connectivity index (χ1) is 8.06. The minimum Gasteiger partial charge on any atom is -0.328 e. The summed E-state index contributed by atoms with van der Waals surface area (Å²) in [6.07, 6.45) is 5.37. The third-order valence-corrected chi connectivity index (χ3v) is 3.64. The molecule has 1 aliphatic heterocycles. The molecule has 1 aliphatic rings. The summed E-state index contributed by atoms with van der Waals surface area (Å²) in [6.45, 7) is 9.72. The van der Waals surface area contributed by atoms with Crippen LogP contribution in [0.1, 0.15) is 38.8 Å². The lowest BCUT2D eigenvalue weighted by Crippen LogP contribution is -2.29. The van der Waals surface area contributed by atoms with Gasteiger partial charge in [-0.1, -0.05) is 0 Å². The predicted molar refractivity (Wildman–Crippen MR) is 76.9 cm³/mol. The third kappa shape index (κ3) is 3.70. The van der Waals surface area contributed by atoms with Gasteiger partial charge in [0.2, 0.25) is 0 Å². The molecular weight excluding hydrogens is 248 g/mol. The highest BCUT2D eigenvalue weighted by atomic mass is 35.5. The summed E-state index contributed by atoms with van der Waals surface area (Å²) in [5.41, 5.74) is 7.26. The van der Waals surface area contributed by atoms with Gasteiger partial charge in [-0.3, -0.25) is 9.58 Å². The first-order valence-corrected chi connectivity index (χ1v) is 6.57. The molecular formula is C13H25ClN4. The molecule has 5 heteroatoms. The van der Waals surface area contributed by atoms with Crippen LogP contribution in [-0.2, 0) is 6.54 Å². The van der Waals surface area contributed by atoms with E-state index in [4.69, 9.17) is 5.73 Å². The van der Waals surface area contributed by atoms with E-state index in [1.165, 1.54) is 18.5 Å². The van der Waals surface area contributed by atoms with Crippen LogP contribution in [0.3, 0.4) is 0 Å². The second-order valence-corrected chi connectivity index (χ2v) is 5.57. The zero-order chi connectivity index (χ0) is 12.4. The van der Waals surface area contributed by atoms with E-state index in [1.807, 2.05) is 10.9 Å². The molecule has 2 atom stereocenters. The summed E-state index contributed by atoms with van der Waals surface area (Å²) < 4.78 is 2.02. The Morgan fingerprint density at radius 2 is 2.17 bits per heavy atom. The van der Waals surface area contributed by atoms with Gasteiger partial charge in [-0.15, -0.1) is 12.4 Å². The summed E-state index contributed by atoms with van der Waals surface area (Å²) in [5, 5.41) is 4.38. The Balaban J connectivity index is 0.00000162. The number of nitrogens with zero attached hydrogens (tertiary/aromatic N) is 3. The monoisotopic (exact) mass is 272 g/mol. The number of likely N-dealkylation sites (tertiary alicyclic amines) is 1. The van der Waals surface area contributed by atoms with Crippen molar-refractivity contribution in [3.63, 3.8) is 0 Å². The van der Waals surface area contributed by atoms with Crippen molar-refractivity contribution in [2.75, 3.05) is 13.1 Å². The fourth-order valence-electron chi connectivity index (χ4n) is 2.44. The normalized spacial score (nSPS) is 22.2. The van der Waals surface area contributed by atoms with Gasteiger partial charge in [-0.05, 0) is 39.7 Å². The second kappa shape index (κ2) is 6.55. The fraction of sp³-hybridized carbons (Fsp3) is 0.769. The van der Waals surface area contributed by atoms with Crippen LogP contribution >= 0.6 is 12.4 Å². The molecule has 0 saturated carbocycles. The molecule has 1 saturated heterocycles. The highest BCUT2D eigenvalue weighted by Crippen LogP contribution is 2.20. The van der Waals surface area contributed by atoms with E-state index >= 15 is 0 Å². The summed E-state index contributed by atoms with van der Waals surface area (Å²) in [7, 11) is 0. The molecule has 18 heavy (non-hydrogen) atoms. The number of rotatable bonds is 4. The van der Waals surface area contributed by atoms with Crippen molar-refractivity contribution in [1.29, 1.82) is 0 Å². The molecule has 4 nitrogen and oxygen atoms in total. The third-order valence-electron chi connectivity index (χ3n) is 3.64. The van der Waals surface area contributed by atoms with Gasteiger partial charge in [-0.2, -0.15) is 5.10 Å². The zero-order valence-corrected chi connectivity index (χ0v) is 12.4. The molecule has 2 N–H and O–H groups in total. The van der Waals surface area contributed by atoms with E-state index in [0.29, 0.717) is 18.0 Å². The number of nitrogens with two attached hydrogens (primary N) is 1. The molecule has 1 aromatic rings. The number of halogens is 1. The molecule has 2 rings (SSSR count). The highest BCUT2D eigenvalue weighted by Gasteiger charge is 2.25. The van der Waals surface area contributed by atoms with Gasteiger partial charge in [0.05, 0.1) is 6.20 Å². The lowest BCUT2D eigenvalue weighted by molar-refractivity contribution is 0.308. The summed E-state index contributed by atoms with van der Waals surface area (Å²) in [5.74, 6) is 0.662. The van der Waals surface area contributed by atoms with Crippen molar-refractivity contribution in [1.82, 2.24) is 14.7 Å². The van der Waals surface area contributed by atoms with Gasteiger partial charge in [0.15, 0.2) is 0 Å². The maximum Gasteiger partial charge on any atom is 0.0534 e. The lowest BCUT2D eigenvalue weighted by Gasteiger charge is -2.16. The van der Waals surface area contributed by atoms with Crippen LogP contribution in [0.15, 0.2) is 12.4 Å². The van der Waals surface area contributed by atoms with Gasteiger partial charge < -0.3 is 5.73 Å². The summed E-state index contributed by atoms with van der Waals surface area (Å²) in [4.78, 5) is 2.48. The highest BCUT2D eigenvalue weighted by molar-refractivity contribution is 5.85. The Kier molecular flexibility index (Phi) is 5.63. The molecule has 2 heterocycles. The predicted octanol–water partition coefficient (Wildman–Crippen LogP) is 2.05. The molecule has 104 valence electrons. The molecule has 0 amide bonds. The topological polar surface area (TPSA) is 47.1 Å². The first-order valence-electron chi connectivity index (χ1n) is 6.57. The van der Waals surface area contributed by atoms with Crippen LogP contribution in [0, 0.1) is 5.92 Å². The fourth-order valence-corrected chi connectivity index (χ4v) is 2.44. The van der Waals surface area contributed by atoms with E-state index in [9.17, 15) is 0 Å². The van der Waals surface area contributed by atoms with Crippen molar-refractivity contribution < 1.29 is 0 Å². The Bertz CT molecular complexity index is 362. The van der Waals surface area contributed by atoms with Crippen LogP contribution in [0.4, 0.5) is 0 Å². The second-order valence-electron chi connectivity index (χ2n) is 5.57. The van der Waals surface area contributed by atoms with E-state index < -0.39 is 0 Å². The van der Waals surface area contributed by atoms with E-state index in [-0.39, 0.29) is 12.4 Å². The number of hydrogen-bond acceptors (Lipinski definition) is 3. The van der Waals surface area contributed by atoms with Crippen LogP contribution in [-0.4, -0.2) is 33.8 Å². The SMILES string of the molecule is CC(N)C1CCN(Cc2cnn(C(C)C)c2)C1.Cl. The van der Waals surface area contributed by atoms with Crippen molar-refractivity contribution in [3.05, 3.63) is 18.0 Å². The standard InChI is InChI=1S/C13H24N4.ClH/c1-10(2)17-8-12(6-15-17)7-16-5-4-13(9-16)11(3)14;/h6,8,10-11,13H,4-5,7,9,14H2,1-3H3;1H. The van der Waals surface area contributed by atoms with Crippen LogP contribution in [0.5, 0.6) is 0 Å². The van der Waals surface area contributed by atoms with Crippen LogP contribution in [0.25, 0.3) is 0 Å². The molecule has 2 unspecified atom stereocenters. The minimum absolute atomic E-state index is 0. The summed E-state index contributed by atoms with van der Waals surface area (Å²) in [6, 6.07) is 0.762. The van der Waals surface area contributed by atoms with Crippen molar-refractivity contribution in [2.45, 2.75) is 45.8 Å². The van der Waals surface area contributed by atoms with Crippen LogP contribution < -0.4 is 5.73 Å². The molecule has 0 radical (unpaired) electrons. The van der Waals surface area contributed by atoms with Gasteiger partial charge >= 0.3 is 0 Å². The molecule has 1 aromatic heterocycles. The average Bonchev–Trinajstić information content (AvgIpc) is 2.87. The number of hydrogen-bond donors (Lipinski definition) is 1. The minimum atomic E-state index is 0. The molecule has 0 bridgehead atoms. The maximum absolute atomic E-state index is 5.95. The van der Waals surface area contributed by atoms with E-state index in [1.54, 1.807) is 0 Å². The zero-order valence-electron chi connectivity index (χ0n) is 11.5. The Labute approximate surface area is 116 Å². The molecule has 0 aromatic carbocycles. The van der Waals surface area contributed by atoms with Crippen molar-refractivity contribution >= 4 is 12.4 Å². The molecule has 0 aliphatic carbocycles. The number of aromatic nitrogens is 2. The van der Waals surface area contributed by atoms with E-state index in [0.717, 1.165) is 13.1 Å². The molecule has 1 fully saturated rings. The quantitative estimate of drug-likeness (QED) is 0.913. The average molecular weight is 273 g/mol. The van der Waals surface area contributed by atoms with Crippen molar-refractivity contribution in [2.24, 2.45) is 11.7 Å². The summed E-state index contributed by atoms with van der Waals surface area (Å²) >= 11 is 0. The van der Waals surface area contributed by atoms with Crippen molar-refractivity contribution in [3.8, 4) is 0 Å². The van der Waals surface area contributed by atoms with Gasteiger partial charge in [-0.25, -0.2) is 0 Å². The lowest BCUT2D eigenvalue weighted by atomic mass is 10.0. The van der Waals surface area contributed by atoms with Gasteiger partial charge in [0, 0.05) is 36.9 Å². The van der Waals surface area contributed by atoms with Crippen LogP contribution in [0.2, 0.25) is 0 Å². The Morgan fingerprint density at radius 1 is 1.44 bits per heavy atom. The largest absolute Gasteiger partial charge is 0.328 e. The van der Waals surface area contributed by atoms with E-state index in [2.05, 4.69) is 37.0 Å². The Morgan fingerprint density at radius 3 is 2.67 bits per heavy atom. The van der Waals surface area contributed by atoms with Gasteiger partial charge in [0.25, 0.3) is 0 Å². The maximum atomic E-state index is 5.95. The van der Waals surface area contributed by atoms with Gasteiger partial charge in [0.1, 0.15) is 0 Å². The Hall–Kier alpha value is -0.580. The first kappa shape index (κ1) is 15.5. The smallest absolute Gasteiger partial charge is 0.0534 e. The molecule has 0 spiro atoms.